The molecule has 1 fully saturated rings. The second-order valence-corrected chi connectivity index (χ2v) is 8.94. The van der Waals surface area contributed by atoms with E-state index >= 15 is 0 Å². The summed E-state index contributed by atoms with van der Waals surface area (Å²) in [6, 6.07) is 0. The van der Waals surface area contributed by atoms with E-state index in [0.717, 1.165) is 12.8 Å². The molecule has 1 nitrogen and oxygen atoms in total. The van der Waals surface area contributed by atoms with E-state index in [0.29, 0.717) is 17.8 Å². The predicted molar refractivity (Wildman–Crippen MR) is 92.7 cm³/mol. The Morgan fingerprint density at radius 2 is 2.00 bits per heavy atom. The van der Waals surface area contributed by atoms with Gasteiger partial charge in [0, 0.05) is 5.41 Å². The van der Waals surface area contributed by atoms with Crippen molar-refractivity contribution >= 4 is 16.8 Å². The van der Waals surface area contributed by atoms with E-state index in [1.165, 1.54) is 24.8 Å². The van der Waals surface area contributed by atoms with E-state index in [1.54, 1.807) is 0 Å². The van der Waals surface area contributed by atoms with Crippen LogP contribution in [0.15, 0.2) is 23.8 Å². The smallest absolute Gasteiger partial charge is 0.228 e. The van der Waals surface area contributed by atoms with Gasteiger partial charge in [0.2, 0.25) is 5.24 Å². The first kappa shape index (κ1) is 16.3. The number of rotatable bonds is 2. The molecule has 0 spiro atoms. The van der Waals surface area contributed by atoms with Crippen molar-refractivity contribution in [2.45, 2.75) is 59.8 Å². The van der Waals surface area contributed by atoms with Crippen LogP contribution in [0.3, 0.4) is 0 Å². The Bertz CT molecular complexity index is 532. The summed E-state index contributed by atoms with van der Waals surface area (Å²) in [5.74, 6) is 2.32. The first-order valence-electron chi connectivity index (χ1n) is 8.89. The first-order valence-corrected chi connectivity index (χ1v) is 9.26. The van der Waals surface area contributed by atoms with Crippen molar-refractivity contribution < 1.29 is 4.79 Å². The number of carbonyl (C=O) groups is 1. The molecule has 0 N–H and O–H groups in total. The molecule has 3 aliphatic rings. The van der Waals surface area contributed by atoms with Crippen molar-refractivity contribution in [1.82, 2.24) is 0 Å². The van der Waals surface area contributed by atoms with Crippen LogP contribution < -0.4 is 0 Å². The number of carbonyl (C=O) groups excluding carboxylic acids is 1. The Morgan fingerprint density at radius 1 is 1.27 bits per heavy atom. The van der Waals surface area contributed by atoms with Gasteiger partial charge in [0.05, 0.1) is 0 Å². The second-order valence-electron chi connectivity index (χ2n) is 8.59. The van der Waals surface area contributed by atoms with Crippen LogP contribution in [0.25, 0.3) is 0 Å². The molecule has 22 heavy (non-hydrogen) atoms. The molecule has 3 aliphatic carbocycles. The Morgan fingerprint density at radius 3 is 2.64 bits per heavy atom. The lowest BCUT2D eigenvalue weighted by molar-refractivity contribution is -0.129. The van der Waals surface area contributed by atoms with Gasteiger partial charge in [0.15, 0.2) is 0 Å². The molecule has 5 atom stereocenters. The second kappa shape index (κ2) is 5.51. The molecule has 0 aliphatic heterocycles. The molecule has 122 valence electrons. The third kappa shape index (κ3) is 2.31. The van der Waals surface area contributed by atoms with Crippen LogP contribution in [-0.2, 0) is 4.79 Å². The van der Waals surface area contributed by atoms with Crippen LogP contribution in [0.5, 0.6) is 0 Å². The lowest BCUT2D eigenvalue weighted by Crippen LogP contribution is -2.51. The Labute approximate surface area is 140 Å². The molecule has 1 saturated carbocycles. The lowest BCUT2D eigenvalue weighted by atomic mass is 9.48. The molecule has 0 aromatic heterocycles. The zero-order valence-electron chi connectivity index (χ0n) is 14.4. The number of hydrogen-bond acceptors (Lipinski definition) is 1. The minimum atomic E-state index is -0.383. The van der Waals surface area contributed by atoms with Gasteiger partial charge in [-0.2, -0.15) is 0 Å². The van der Waals surface area contributed by atoms with Crippen molar-refractivity contribution in [2.24, 2.45) is 34.5 Å². The summed E-state index contributed by atoms with van der Waals surface area (Å²) in [5.41, 5.74) is 1.33. The van der Waals surface area contributed by atoms with Crippen molar-refractivity contribution in [1.29, 1.82) is 0 Å². The van der Waals surface area contributed by atoms with E-state index in [4.69, 9.17) is 11.6 Å². The highest BCUT2D eigenvalue weighted by Crippen LogP contribution is 2.61. The van der Waals surface area contributed by atoms with E-state index in [-0.39, 0.29) is 22.0 Å². The maximum atomic E-state index is 12.1. The molecule has 0 heterocycles. The van der Waals surface area contributed by atoms with Gasteiger partial charge in [0.1, 0.15) is 0 Å². The van der Waals surface area contributed by atoms with Gasteiger partial charge >= 0.3 is 0 Å². The lowest BCUT2D eigenvalue weighted by Gasteiger charge is -2.56. The molecular weight excluding hydrogens is 292 g/mol. The third-order valence-electron chi connectivity index (χ3n) is 6.99. The van der Waals surface area contributed by atoms with Gasteiger partial charge in [-0.1, -0.05) is 52.3 Å². The van der Waals surface area contributed by atoms with Crippen LogP contribution in [0, 0.1) is 34.5 Å². The summed E-state index contributed by atoms with van der Waals surface area (Å²) in [5, 5.41) is -0.142. The molecule has 2 heteroatoms. The molecule has 3 rings (SSSR count). The van der Waals surface area contributed by atoms with E-state index in [9.17, 15) is 4.79 Å². The van der Waals surface area contributed by atoms with Crippen molar-refractivity contribution in [2.75, 3.05) is 0 Å². The Balaban J connectivity index is 2.01. The summed E-state index contributed by atoms with van der Waals surface area (Å²) in [4.78, 5) is 12.1. The molecule has 0 aromatic rings. The van der Waals surface area contributed by atoms with Crippen LogP contribution in [0.2, 0.25) is 0 Å². The molecular formula is C20H29ClO. The minimum absolute atomic E-state index is 0.142. The highest BCUT2D eigenvalue weighted by atomic mass is 35.5. The van der Waals surface area contributed by atoms with Crippen molar-refractivity contribution in [3.8, 4) is 0 Å². The van der Waals surface area contributed by atoms with Crippen LogP contribution >= 0.6 is 11.6 Å². The van der Waals surface area contributed by atoms with E-state index in [1.807, 2.05) is 0 Å². The number of halogens is 1. The summed E-state index contributed by atoms with van der Waals surface area (Å²) in [6.45, 7) is 9.14. The standard InChI is InChI=1S/C20H29ClO/c1-13(2)14-6-8-16-15(12-14)7-9-17-19(16,3)10-5-11-20(17,4)18(21)22/h7,9,12-14,16-17H,5-6,8,10-11H2,1-4H3/t14?,16?,17?,19-,20+/m0/s1. The SMILES string of the molecule is CC(C)C1C=C2C=CC3[C@@](C)(CCC[C@@]3(C)C(=O)Cl)C2CC1. The van der Waals surface area contributed by atoms with Crippen LogP contribution in [-0.4, -0.2) is 5.24 Å². The highest BCUT2D eigenvalue weighted by Gasteiger charge is 2.56. The fourth-order valence-corrected chi connectivity index (χ4v) is 5.72. The Hall–Kier alpha value is -0.560. The molecule has 0 saturated heterocycles. The van der Waals surface area contributed by atoms with Crippen molar-refractivity contribution in [3.05, 3.63) is 23.8 Å². The number of allylic oxidation sites excluding steroid dienone is 4. The average molecular weight is 321 g/mol. The van der Waals surface area contributed by atoms with Gasteiger partial charge in [-0.25, -0.2) is 0 Å². The van der Waals surface area contributed by atoms with Gasteiger partial charge in [-0.3, -0.25) is 4.79 Å². The summed E-state index contributed by atoms with van der Waals surface area (Å²) in [7, 11) is 0. The molecule has 0 amide bonds. The third-order valence-corrected chi connectivity index (χ3v) is 7.42. The molecule has 0 radical (unpaired) electrons. The van der Waals surface area contributed by atoms with Gasteiger partial charge in [-0.05, 0) is 71.9 Å². The zero-order chi connectivity index (χ0) is 16.1. The topological polar surface area (TPSA) is 17.1 Å². The zero-order valence-corrected chi connectivity index (χ0v) is 15.1. The quantitative estimate of drug-likeness (QED) is 0.593. The summed E-state index contributed by atoms with van der Waals surface area (Å²) >= 11 is 6.03. The average Bonchev–Trinajstić information content (AvgIpc) is 2.46. The van der Waals surface area contributed by atoms with Gasteiger partial charge in [-0.15, -0.1) is 0 Å². The summed E-state index contributed by atoms with van der Waals surface area (Å²) in [6.07, 6.45) is 13.0. The van der Waals surface area contributed by atoms with Gasteiger partial charge < -0.3 is 0 Å². The monoisotopic (exact) mass is 320 g/mol. The minimum Gasteiger partial charge on any atom is -0.281 e. The van der Waals surface area contributed by atoms with E-state index in [2.05, 4.69) is 45.9 Å². The number of fused-ring (bicyclic) bond motifs is 3. The highest BCUT2D eigenvalue weighted by molar-refractivity contribution is 6.64. The largest absolute Gasteiger partial charge is 0.281 e. The fraction of sp³-hybridized carbons (Fsp3) is 0.750. The normalized spacial score (nSPS) is 44.3. The molecule has 0 aromatic carbocycles. The summed E-state index contributed by atoms with van der Waals surface area (Å²) < 4.78 is 0. The van der Waals surface area contributed by atoms with Crippen LogP contribution in [0.4, 0.5) is 0 Å². The van der Waals surface area contributed by atoms with Crippen LogP contribution in [0.1, 0.15) is 59.8 Å². The molecule has 3 unspecified atom stereocenters. The fourth-order valence-electron chi connectivity index (χ4n) is 5.51. The predicted octanol–water partition coefficient (Wildman–Crippen LogP) is 5.74. The van der Waals surface area contributed by atoms with Crippen molar-refractivity contribution in [3.63, 3.8) is 0 Å². The molecule has 0 bridgehead atoms. The Kier molecular flexibility index (Phi) is 4.08. The maximum Gasteiger partial charge on any atom is 0.228 e. The first-order chi connectivity index (χ1) is 10.3. The maximum absolute atomic E-state index is 12.1. The number of hydrogen-bond donors (Lipinski definition) is 0. The van der Waals surface area contributed by atoms with Gasteiger partial charge in [0.25, 0.3) is 0 Å². The van der Waals surface area contributed by atoms with E-state index < -0.39 is 0 Å².